The number of carboxylic acid groups (broad SMARTS) is 1. The second-order valence-electron chi connectivity index (χ2n) is 8.98. The molecule has 3 N–H and O–H groups in total. The van der Waals surface area contributed by atoms with Gasteiger partial charge in [-0.3, -0.25) is 4.79 Å². The molecule has 1 aliphatic rings. The van der Waals surface area contributed by atoms with E-state index < -0.39 is 18.1 Å². The maximum absolute atomic E-state index is 12.4. The van der Waals surface area contributed by atoms with Gasteiger partial charge in [-0.05, 0) is 56.1 Å². The van der Waals surface area contributed by atoms with E-state index in [-0.39, 0.29) is 37.4 Å². The predicted molar refractivity (Wildman–Crippen MR) is 130 cm³/mol. The van der Waals surface area contributed by atoms with Gasteiger partial charge in [-0.15, -0.1) is 0 Å². The summed E-state index contributed by atoms with van der Waals surface area (Å²) in [5.74, 6) is -1.38. The van der Waals surface area contributed by atoms with Gasteiger partial charge in [-0.1, -0.05) is 48.5 Å². The van der Waals surface area contributed by atoms with E-state index in [0.29, 0.717) is 12.8 Å². The number of benzene rings is 2. The smallest absolute Gasteiger partial charge is 0.407 e. The molecule has 34 heavy (non-hydrogen) atoms. The maximum Gasteiger partial charge on any atom is 0.407 e. The van der Waals surface area contributed by atoms with Crippen LogP contribution in [0.3, 0.4) is 0 Å². The first kappa shape index (κ1) is 25.2. The molecule has 8 heteroatoms. The molecule has 0 spiro atoms. The fourth-order valence-corrected chi connectivity index (χ4v) is 4.30. The van der Waals surface area contributed by atoms with Crippen LogP contribution in [0.4, 0.5) is 4.79 Å². The summed E-state index contributed by atoms with van der Waals surface area (Å²) < 4.78 is 5.55. The van der Waals surface area contributed by atoms with Crippen LogP contribution in [0, 0.1) is 0 Å². The van der Waals surface area contributed by atoms with Crippen molar-refractivity contribution in [1.82, 2.24) is 15.5 Å². The Morgan fingerprint density at radius 3 is 2.15 bits per heavy atom. The number of fused-ring (bicyclic) bond motifs is 3. The first-order valence-corrected chi connectivity index (χ1v) is 11.5. The van der Waals surface area contributed by atoms with Gasteiger partial charge in [0.2, 0.25) is 5.91 Å². The molecule has 0 heterocycles. The summed E-state index contributed by atoms with van der Waals surface area (Å²) in [6.45, 7) is 2.32. The lowest BCUT2D eigenvalue weighted by Gasteiger charge is -2.19. The summed E-state index contributed by atoms with van der Waals surface area (Å²) in [6, 6.07) is 15.2. The van der Waals surface area contributed by atoms with E-state index in [0.717, 1.165) is 11.1 Å². The lowest BCUT2D eigenvalue weighted by Crippen LogP contribution is -2.46. The van der Waals surface area contributed by atoms with Crippen molar-refractivity contribution in [2.24, 2.45) is 0 Å². The molecule has 0 radical (unpaired) electrons. The van der Waals surface area contributed by atoms with Gasteiger partial charge in [0.05, 0.1) is 0 Å². The van der Waals surface area contributed by atoms with Crippen molar-refractivity contribution >= 4 is 18.0 Å². The average Bonchev–Trinajstić information content (AvgIpc) is 3.10. The molecule has 0 fully saturated rings. The first-order chi connectivity index (χ1) is 16.3. The number of amides is 2. The molecular formula is C26H33N3O5. The van der Waals surface area contributed by atoms with Crippen LogP contribution >= 0.6 is 0 Å². The van der Waals surface area contributed by atoms with Crippen LogP contribution in [0.2, 0.25) is 0 Å². The Bertz CT molecular complexity index is 978. The van der Waals surface area contributed by atoms with Crippen LogP contribution in [-0.2, 0) is 14.3 Å². The zero-order valence-corrected chi connectivity index (χ0v) is 19.9. The highest BCUT2D eigenvalue weighted by atomic mass is 16.5. The molecule has 8 nitrogen and oxygen atoms in total. The number of nitrogens with zero attached hydrogens (tertiary/aromatic N) is 1. The molecule has 2 atom stereocenters. The summed E-state index contributed by atoms with van der Waals surface area (Å²) >= 11 is 0. The van der Waals surface area contributed by atoms with Crippen LogP contribution in [0.1, 0.15) is 43.2 Å². The molecule has 0 bridgehead atoms. The van der Waals surface area contributed by atoms with Gasteiger partial charge in [-0.25, -0.2) is 9.59 Å². The Kier molecular flexibility index (Phi) is 8.65. The van der Waals surface area contributed by atoms with Gasteiger partial charge in [0.25, 0.3) is 0 Å². The summed E-state index contributed by atoms with van der Waals surface area (Å²) in [5, 5.41) is 14.6. The quantitative estimate of drug-likeness (QED) is 0.468. The Labute approximate surface area is 200 Å². The van der Waals surface area contributed by atoms with E-state index in [1.807, 2.05) is 31.2 Å². The summed E-state index contributed by atoms with van der Waals surface area (Å²) in [7, 11) is 3.50. The molecule has 2 aromatic rings. The number of aliphatic carboxylic acids is 1. The molecule has 0 aliphatic heterocycles. The van der Waals surface area contributed by atoms with Crippen LogP contribution < -0.4 is 10.6 Å². The molecule has 2 amide bonds. The lowest BCUT2D eigenvalue weighted by molar-refractivity contribution is -0.142. The number of carbonyl (C=O) groups is 3. The minimum Gasteiger partial charge on any atom is -0.480 e. The van der Waals surface area contributed by atoms with Gasteiger partial charge < -0.3 is 25.4 Å². The first-order valence-electron chi connectivity index (χ1n) is 11.5. The number of nitrogens with one attached hydrogen (secondary N) is 2. The lowest BCUT2D eigenvalue weighted by atomic mass is 9.98. The number of carboxylic acids is 1. The largest absolute Gasteiger partial charge is 0.480 e. The van der Waals surface area contributed by atoms with Crippen LogP contribution in [0.15, 0.2) is 48.5 Å². The van der Waals surface area contributed by atoms with Crippen LogP contribution in [0.5, 0.6) is 0 Å². The average molecular weight is 468 g/mol. The minimum absolute atomic E-state index is 0.00139. The van der Waals surface area contributed by atoms with Gasteiger partial charge >= 0.3 is 12.1 Å². The molecular weight excluding hydrogens is 434 g/mol. The van der Waals surface area contributed by atoms with Crippen LogP contribution in [0.25, 0.3) is 11.1 Å². The van der Waals surface area contributed by atoms with E-state index in [1.54, 1.807) is 19.0 Å². The molecule has 182 valence electrons. The third kappa shape index (κ3) is 6.57. The van der Waals surface area contributed by atoms with Crippen molar-refractivity contribution in [3.8, 4) is 11.1 Å². The molecule has 0 aromatic heterocycles. The van der Waals surface area contributed by atoms with Crippen molar-refractivity contribution in [2.45, 2.75) is 44.2 Å². The molecule has 1 unspecified atom stereocenters. The second-order valence-corrected chi connectivity index (χ2v) is 8.98. The number of carbonyl (C=O) groups excluding carboxylic acids is 2. The Balaban J connectivity index is 1.42. The third-order valence-electron chi connectivity index (χ3n) is 5.93. The van der Waals surface area contributed by atoms with Crippen molar-refractivity contribution in [2.75, 3.05) is 27.2 Å². The normalized spacial score (nSPS) is 14.1. The fraction of sp³-hybridized carbons (Fsp3) is 0.423. The van der Waals surface area contributed by atoms with Crippen molar-refractivity contribution in [3.63, 3.8) is 0 Å². The zero-order valence-electron chi connectivity index (χ0n) is 19.9. The zero-order chi connectivity index (χ0) is 24.7. The van der Waals surface area contributed by atoms with Gasteiger partial charge in [0.1, 0.15) is 12.6 Å². The Morgan fingerprint density at radius 1 is 1.00 bits per heavy atom. The van der Waals surface area contributed by atoms with Crippen molar-refractivity contribution < 1.29 is 24.2 Å². The van der Waals surface area contributed by atoms with Gasteiger partial charge in [-0.2, -0.15) is 0 Å². The SMILES string of the molecule is CC(CCCC(=O)N[C@@H](CN(C)C)C(=O)O)NC(=O)OCC1c2ccccc2-c2ccccc21. The number of likely N-dealkylation sites (N-methyl/N-ethyl adjacent to an activating group) is 1. The van der Waals surface area contributed by atoms with Crippen molar-refractivity contribution in [1.29, 1.82) is 0 Å². The third-order valence-corrected chi connectivity index (χ3v) is 5.93. The molecule has 0 saturated carbocycles. The minimum atomic E-state index is -1.06. The molecule has 1 aliphatic carbocycles. The standard InChI is InChI=1S/C26H33N3O5/c1-17(9-8-14-24(30)28-23(25(31)32)15-29(2)3)27-26(33)34-16-22-20-12-6-4-10-18(20)19-11-5-7-13-21(19)22/h4-7,10-13,17,22-23H,8-9,14-16H2,1-3H3,(H,27,33)(H,28,30)(H,31,32)/t17?,23-/m0/s1. The molecule has 2 aromatic carbocycles. The molecule has 0 saturated heterocycles. The second kappa shape index (κ2) is 11.7. The Morgan fingerprint density at radius 2 is 1.59 bits per heavy atom. The highest BCUT2D eigenvalue weighted by Gasteiger charge is 2.29. The number of rotatable bonds is 11. The highest BCUT2D eigenvalue weighted by molar-refractivity contribution is 5.83. The van der Waals surface area contributed by atoms with E-state index in [9.17, 15) is 19.5 Å². The summed E-state index contributed by atoms with van der Waals surface area (Å²) in [6.07, 6.45) is 0.790. The van der Waals surface area contributed by atoms with Crippen LogP contribution in [-0.4, -0.2) is 67.3 Å². The van der Waals surface area contributed by atoms with Crippen molar-refractivity contribution in [3.05, 3.63) is 59.7 Å². The number of hydrogen-bond acceptors (Lipinski definition) is 5. The van der Waals surface area contributed by atoms with Gasteiger partial charge in [0, 0.05) is 24.9 Å². The van der Waals surface area contributed by atoms with E-state index in [1.165, 1.54) is 11.1 Å². The molecule has 3 rings (SSSR count). The maximum atomic E-state index is 12.4. The topological polar surface area (TPSA) is 108 Å². The number of alkyl carbamates (subject to hydrolysis) is 1. The van der Waals surface area contributed by atoms with E-state index in [4.69, 9.17) is 4.74 Å². The number of hydrogen-bond donors (Lipinski definition) is 3. The monoisotopic (exact) mass is 467 g/mol. The van der Waals surface area contributed by atoms with E-state index in [2.05, 4.69) is 34.9 Å². The summed E-state index contributed by atoms with van der Waals surface area (Å²) in [4.78, 5) is 37.4. The van der Waals surface area contributed by atoms with Gasteiger partial charge in [0.15, 0.2) is 0 Å². The number of ether oxygens (including phenoxy) is 1. The Hall–Kier alpha value is -3.39. The van der Waals surface area contributed by atoms with E-state index >= 15 is 0 Å². The fourth-order valence-electron chi connectivity index (χ4n) is 4.30. The summed E-state index contributed by atoms with van der Waals surface area (Å²) in [5.41, 5.74) is 4.66. The highest BCUT2D eigenvalue weighted by Crippen LogP contribution is 2.44. The predicted octanol–water partition coefficient (Wildman–Crippen LogP) is 3.21.